The third-order valence-corrected chi connectivity index (χ3v) is 6.34. The highest BCUT2D eigenvalue weighted by Gasteiger charge is 2.23. The first-order chi connectivity index (χ1) is 17.0. The van der Waals surface area contributed by atoms with Crippen molar-refractivity contribution in [1.82, 2.24) is 15.5 Å². The van der Waals surface area contributed by atoms with Crippen molar-refractivity contribution in [2.75, 3.05) is 12.4 Å². The van der Waals surface area contributed by atoms with Gasteiger partial charge in [-0.25, -0.2) is 0 Å². The number of methoxy groups -OCH3 is 1. The zero-order valence-electron chi connectivity index (χ0n) is 18.9. The number of hydrogen-bond acceptors (Lipinski definition) is 6. The molecule has 4 rings (SSSR count). The molecule has 178 valence electrons. The molecule has 0 fully saturated rings. The van der Waals surface area contributed by atoms with E-state index < -0.39 is 6.04 Å². The standard InChI is InChI=1S/C26H23ClN4O3S/c1-34-21-13-7-18(8-14-21)16-23(32)28-22(15-17-5-3-2-4-6-17)24(33)29-26-31-30-25(35-26)19-9-11-20(27)12-10-19/h2-14,22H,15-16H2,1H3,(H,28,32)(H,29,31,33)/t22-/m0/s1. The summed E-state index contributed by atoms with van der Waals surface area (Å²) in [5, 5.41) is 15.5. The van der Waals surface area contributed by atoms with E-state index in [9.17, 15) is 9.59 Å². The first-order valence-corrected chi connectivity index (χ1v) is 12.1. The lowest BCUT2D eigenvalue weighted by Crippen LogP contribution is -2.45. The Morgan fingerprint density at radius 3 is 2.34 bits per heavy atom. The van der Waals surface area contributed by atoms with Gasteiger partial charge in [-0.15, -0.1) is 10.2 Å². The summed E-state index contributed by atoms with van der Waals surface area (Å²) in [5.74, 6) is 0.0895. The van der Waals surface area contributed by atoms with Crippen LogP contribution in [0.2, 0.25) is 5.02 Å². The Hall–Kier alpha value is -3.75. The highest BCUT2D eigenvalue weighted by Crippen LogP contribution is 2.27. The van der Waals surface area contributed by atoms with Crippen LogP contribution in [0.1, 0.15) is 11.1 Å². The Bertz CT molecular complexity index is 1280. The largest absolute Gasteiger partial charge is 0.497 e. The first kappa shape index (κ1) is 24.4. The number of aromatic nitrogens is 2. The maximum absolute atomic E-state index is 13.2. The van der Waals surface area contributed by atoms with Gasteiger partial charge in [0.25, 0.3) is 0 Å². The quantitative estimate of drug-likeness (QED) is 0.341. The fraction of sp³-hybridized carbons (Fsp3) is 0.154. The molecule has 0 saturated carbocycles. The summed E-state index contributed by atoms with van der Waals surface area (Å²) in [7, 11) is 1.59. The van der Waals surface area contributed by atoms with Gasteiger partial charge < -0.3 is 10.1 Å². The minimum atomic E-state index is -0.786. The maximum atomic E-state index is 13.2. The Labute approximate surface area is 212 Å². The number of anilines is 1. The van der Waals surface area contributed by atoms with E-state index in [-0.39, 0.29) is 18.2 Å². The van der Waals surface area contributed by atoms with Gasteiger partial charge >= 0.3 is 0 Å². The van der Waals surface area contributed by atoms with Crippen molar-refractivity contribution < 1.29 is 14.3 Å². The summed E-state index contributed by atoms with van der Waals surface area (Å²) < 4.78 is 5.16. The predicted octanol–water partition coefficient (Wildman–Crippen LogP) is 4.78. The van der Waals surface area contributed by atoms with E-state index >= 15 is 0 Å². The van der Waals surface area contributed by atoms with Gasteiger partial charge in [-0.1, -0.05) is 77.5 Å². The second-order valence-corrected chi connectivity index (χ2v) is 9.16. The highest BCUT2D eigenvalue weighted by molar-refractivity contribution is 7.18. The molecule has 0 aliphatic rings. The second-order valence-electron chi connectivity index (χ2n) is 7.74. The summed E-state index contributed by atoms with van der Waals surface area (Å²) in [5.41, 5.74) is 2.59. The van der Waals surface area contributed by atoms with Crippen molar-refractivity contribution in [2.24, 2.45) is 0 Å². The lowest BCUT2D eigenvalue weighted by molar-refractivity contribution is -0.126. The van der Waals surface area contributed by atoms with Crippen molar-refractivity contribution in [3.63, 3.8) is 0 Å². The number of halogens is 1. The van der Waals surface area contributed by atoms with Crippen LogP contribution in [0, 0.1) is 0 Å². The molecule has 0 spiro atoms. The molecule has 0 saturated heterocycles. The van der Waals surface area contributed by atoms with Crippen molar-refractivity contribution in [3.05, 3.63) is 95.0 Å². The molecule has 9 heteroatoms. The molecule has 35 heavy (non-hydrogen) atoms. The van der Waals surface area contributed by atoms with E-state index in [2.05, 4.69) is 20.8 Å². The predicted molar refractivity (Wildman–Crippen MR) is 138 cm³/mol. The van der Waals surface area contributed by atoms with E-state index in [0.717, 1.165) is 16.7 Å². The number of rotatable bonds is 9. The molecule has 0 bridgehead atoms. The molecule has 2 amide bonds. The lowest BCUT2D eigenvalue weighted by Gasteiger charge is -2.18. The Balaban J connectivity index is 1.45. The van der Waals surface area contributed by atoms with E-state index in [4.69, 9.17) is 16.3 Å². The van der Waals surface area contributed by atoms with Gasteiger partial charge in [0, 0.05) is 17.0 Å². The number of nitrogens with one attached hydrogen (secondary N) is 2. The number of carbonyl (C=O) groups is 2. The Morgan fingerprint density at radius 2 is 1.66 bits per heavy atom. The molecule has 1 atom stereocenters. The smallest absolute Gasteiger partial charge is 0.249 e. The monoisotopic (exact) mass is 506 g/mol. The molecule has 4 aromatic rings. The normalized spacial score (nSPS) is 11.5. The zero-order chi connectivity index (χ0) is 24.6. The van der Waals surface area contributed by atoms with Gasteiger partial charge in [0.15, 0.2) is 0 Å². The van der Waals surface area contributed by atoms with Crippen molar-refractivity contribution in [3.8, 4) is 16.3 Å². The van der Waals surface area contributed by atoms with Gasteiger partial charge in [0.1, 0.15) is 16.8 Å². The van der Waals surface area contributed by atoms with E-state index in [1.165, 1.54) is 11.3 Å². The topological polar surface area (TPSA) is 93.2 Å². The summed E-state index contributed by atoms with van der Waals surface area (Å²) in [6.07, 6.45) is 0.478. The molecule has 1 heterocycles. The molecular formula is C26H23ClN4O3S. The summed E-state index contributed by atoms with van der Waals surface area (Å²) >= 11 is 7.20. The van der Waals surface area contributed by atoms with Crippen LogP contribution in [0.25, 0.3) is 10.6 Å². The number of benzene rings is 3. The van der Waals surface area contributed by atoms with Crippen LogP contribution >= 0.6 is 22.9 Å². The van der Waals surface area contributed by atoms with Gasteiger partial charge in [0.2, 0.25) is 16.9 Å². The molecule has 2 N–H and O–H groups in total. The third-order valence-electron chi connectivity index (χ3n) is 5.20. The van der Waals surface area contributed by atoms with Crippen LogP contribution in [0.15, 0.2) is 78.9 Å². The fourth-order valence-corrected chi connectivity index (χ4v) is 4.29. The Kier molecular flexibility index (Phi) is 8.07. The van der Waals surface area contributed by atoms with Crippen LogP contribution in [-0.2, 0) is 22.4 Å². The van der Waals surface area contributed by atoms with E-state index in [0.29, 0.717) is 27.3 Å². The summed E-state index contributed by atoms with van der Waals surface area (Å²) in [6.45, 7) is 0. The molecule has 0 aliphatic heterocycles. The van der Waals surface area contributed by atoms with Gasteiger partial charge in [0.05, 0.1) is 13.5 Å². The van der Waals surface area contributed by atoms with Crippen molar-refractivity contribution >= 4 is 39.9 Å². The average Bonchev–Trinajstić information content (AvgIpc) is 3.33. The van der Waals surface area contributed by atoms with Gasteiger partial charge in [-0.3, -0.25) is 14.9 Å². The van der Waals surface area contributed by atoms with Crippen LogP contribution in [0.5, 0.6) is 5.75 Å². The van der Waals surface area contributed by atoms with Crippen LogP contribution in [-0.4, -0.2) is 35.2 Å². The zero-order valence-corrected chi connectivity index (χ0v) is 20.5. The maximum Gasteiger partial charge on any atom is 0.249 e. The minimum absolute atomic E-state index is 0.141. The number of ether oxygens (including phenoxy) is 1. The molecule has 0 aliphatic carbocycles. The van der Waals surface area contributed by atoms with Crippen LogP contribution in [0.4, 0.5) is 5.13 Å². The van der Waals surface area contributed by atoms with E-state index in [1.807, 2.05) is 54.6 Å². The van der Waals surface area contributed by atoms with Crippen molar-refractivity contribution in [2.45, 2.75) is 18.9 Å². The average molecular weight is 507 g/mol. The molecular weight excluding hydrogens is 484 g/mol. The van der Waals surface area contributed by atoms with Crippen LogP contribution < -0.4 is 15.4 Å². The highest BCUT2D eigenvalue weighted by atomic mass is 35.5. The fourth-order valence-electron chi connectivity index (χ4n) is 3.41. The van der Waals surface area contributed by atoms with Crippen molar-refractivity contribution in [1.29, 1.82) is 0 Å². The SMILES string of the molecule is COc1ccc(CC(=O)N[C@@H](Cc2ccccc2)C(=O)Nc2nnc(-c3ccc(Cl)cc3)s2)cc1. The Morgan fingerprint density at radius 1 is 0.943 bits per heavy atom. The first-order valence-electron chi connectivity index (χ1n) is 10.9. The summed E-state index contributed by atoms with van der Waals surface area (Å²) in [4.78, 5) is 25.9. The minimum Gasteiger partial charge on any atom is -0.497 e. The van der Waals surface area contributed by atoms with Crippen LogP contribution in [0.3, 0.4) is 0 Å². The number of nitrogens with zero attached hydrogens (tertiary/aromatic N) is 2. The summed E-state index contributed by atoms with van der Waals surface area (Å²) in [6, 6.07) is 23.2. The molecule has 3 aromatic carbocycles. The second kappa shape index (κ2) is 11.6. The number of amides is 2. The molecule has 7 nitrogen and oxygen atoms in total. The lowest BCUT2D eigenvalue weighted by atomic mass is 10.0. The van der Waals surface area contributed by atoms with E-state index in [1.54, 1.807) is 31.4 Å². The molecule has 0 unspecified atom stereocenters. The van der Waals surface area contributed by atoms with Gasteiger partial charge in [-0.05, 0) is 35.4 Å². The third kappa shape index (κ3) is 6.88. The molecule has 0 radical (unpaired) electrons. The number of hydrogen-bond donors (Lipinski definition) is 2. The molecule has 1 aromatic heterocycles. The number of carbonyl (C=O) groups excluding carboxylic acids is 2. The van der Waals surface area contributed by atoms with Gasteiger partial charge in [-0.2, -0.15) is 0 Å².